The summed E-state index contributed by atoms with van der Waals surface area (Å²) in [5.74, 6) is 1.10. The molecule has 1 aliphatic rings. The van der Waals surface area contributed by atoms with Gasteiger partial charge in [-0.3, -0.25) is 0 Å². The summed E-state index contributed by atoms with van der Waals surface area (Å²) in [6.07, 6.45) is 2.18. The van der Waals surface area contributed by atoms with Gasteiger partial charge in [-0.15, -0.1) is 0 Å². The molecular weight excluding hydrogens is 394 g/mol. The van der Waals surface area contributed by atoms with Crippen molar-refractivity contribution in [3.63, 3.8) is 0 Å². The third-order valence-electron chi connectivity index (χ3n) is 6.70. The first kappa shape index (κ1) is 21.4. The van der Waals surface area contributed by atoms with Crippen molar-refractivity contribution in [3.8, 4) is 11.5 Å². The Morgan fingerprint density at radius 3 is 2.23 bits per heavy atom. The molecule has 0 amide bonds. The highest BCUT2D eigenvalue weighted by molar-refractivity contribution is 5.44. The molecule has 0 aliphatic heterocycles. The molecule has 3 aromatic rings. The zero-order valence-corrected chi connectivity index (χ0v) is 18.2. The van der Waals surface area contributed by atoms with Gasteiger partial charge in [0, 0.05) is 6.07 Å². The molecule has 0 N–H and O–H groups in total. The van der Waals surface area contributed by atoms with Crippen LogP contribution in [0.1, 0.15) is 47.4 Å². The van der Waals surface area contributed by atoms with Gasteiger partial charge >= 0.3 is 0 Å². The van der Waals surface area contributed by atoms with Crippen molar-refractivity contribution < 1.29 is 18.3 Å². The fraction of sp³-hybridized carbons (Fsp3) is 0.333. The quantitative estimate of drug-likeness (QED) is 0.441. The second-order valence-corrected chi connectivity index (χ2v) is 8.24. The van der Waals surface area contributed by atoms with Crippen molar-refractivity contribution in [2.24, 2.45) is 5.92 Å². The fourth-order valence-electron chi connectivity index (χ4n) is 5.14. The summed E-state index contributed by atoms with van der Waals surface area (Å²) in [5, 5.41) is 0. The standard InChI is InChI=1S/C27H28F2O2/c1-4-21-24(22-12-11-20(31-3)16-27(22)29)13-17-9-10-19(30-2)15-23(17)25(21)14-18-7-5-6-8-26(18)28/h5-12,15-16,21,24-25H,4,13-14H2,1-3H3. The number of hydrogen-bond acceptors (Lipinski definition) is 2. The molecule has 2 nitrogen and oxygen atoms in total. The van der Waals surface area contributed by atoms with Crippen LogP contribution in [0.4, 0.5) is 8.78 Å². The Bertz CT molecular complexity index is 1060. The highest BCUT2D eigenvalue weighted by Gasteiger charge is 2.38. The van der Waals surface area contributed by atoms with E-state index in [4.69, 9.17) is 9.47 Å². The van der Waals surface area contributed by atoms with Gasteiger partial charge in [0.2, 0.25) is 0 Å². The highest BCUT2D eigenvalue weighted by atomic mass is 19.1. The van der Waals surface area contributed by atoms with Crippen LogP contribution >= 0.6 is 0 Å². The summed E-state index contributed by atoms with van der Waals surface area (Å²) in [6.45, 7) is 2.14. The molecule has 1 aliphatic carbocycles. The molecule has 31 heavy (non-hydrogen) atoms. The third kappa shape index (κ3) is 4.16. The van der Waals surface area contributed by atoms with E-state index in [2.05, 4.69) is 19.1 Å². The van der Waals surface area contributed by atoms with Gasteiger partial charge in [-0.25, -0.2) is 8.78 Å². The second kappa shape index (κ2) is 9.09. The van der Waals surface area contributed by atoms with Gasteiger partial charge in [0.25, 0.3) is 0 Å². The molecule has 3 atom stereocenters. The van der Waals surface area contributed by atoms with Crippen molar-refractivity contribution in [1.82, 2.24) is 0 Å². The van der Waals surface area contributed by atoms with Crippen molar-refractivity contribution in [1.29, 1.82) is 0 Å². The number of methoxy groups -OCH3 is 2. The average molecular weight is 423 g/mol. The maximum absolute atomic E-state index is 15.1. The summed E-state index contributed by atoms with van der Waals surface area (Å²) in [7, 11) is 3.20. The van der Waals surface area contributed by atoms with Gasteiger partial charge in [-0.2, -0.15) is 0 Å². The summed E-state index contributed by atoms with van der Waals surface area (Å²) >= 11 is 0. The number of rotatable bonds is 6. The van der Waals surface area contributed by atoms with Crippen molar-refractivity contribution >= 4 is 0 Å². The molecule has 0 fully saturated rings. The molecule has 0 heterocycles. The zero-order valence-electron chi connectivity index (χ0n) is 18.2. The predicted molar refractivity (Wildman–Crippen MR) is 119 cm³/mol. The molecule has 0 radical (unpaired) electrons. The van der Waals surface area contributed by atoms with Crippen LogP contribution in [0.25, 0.3) is 0 Å². The summed E-state index contributed by atoms with van der Waals surface area (Å²) in [6, 6.07) is 18.2. The lowest BCUT2D eigenvalue weighted by Crippen LogP contribution is -2.30. The average Bonchev–Trinajstić information content (AvgIpc) is 2.79. The minimum atomic E-state index is -0.246. The first-order valence-electron chi connectivity index (χ1n) is 10.8. The molecule has 0 spiro atoms. The van der Waals surface area contributed by atoms with E-state index in [0.29, 0.717) is 23.3 Å². The van der Waals surface area contributed by atoms with Gasteiger partial charge in [-0.05, 0) is 77.1 Å². The van der Waals surface area contributed by atoms with Crippen molar-refractivity contribution in [2.75, 3.05) is 14.2 Å². The largest absolute Gasteiger partial charge is 0.497 e. The van der Waals surface area contributed by atoms with Gasteiger partial charge < -0.3 is 9.47 Å². The smallest absolute Gasteiger partial charge is 0.130 e. The van der Waals surface area contributed by atoms with Crippen LogP contribution in [-0.2, 0) is 12.8 Å². The lowest BCUT2D eigenvalue weighted by Gasteiger charge is -2.40. The van der Waals surface area contributed by atoms with Crippen LogP contribution < -0.4 is 9.47 Å². The van der Waals surface area contributed by atoms with Crippen molar-refractivity contribution in [3.05, 3.63) is 94.6 Å². The molecule has 3 unspecified atom stereocenters. The molecule has 4 rings (SSSR count). The Labute approximate surface area is 182 Å². The first-order valence-corrected chi connectivity index (χ1v) is 10.8. The molecule has 4 heteroatoms. The van der Waals surface area contributed by atoms with Gasteiger partial charge in [-0.1, -0.05) is 43.7 Å². The number of benzene rings is 3. The number of halogens is 2. The minimum absolute atomic E-state index is 0.00794. The second-order valence-electron chi connectivity index (χ2n) is 8.24. The van der Waals surface area contributed by atoms with Crippen LogP contribution in [0, 0.1) is 17.6 Å². The molecule has 3 aromatic carbocycles. The van der Waals surface area contributed by atoms with Crippen LogP contribution in [-0.4, -0.2) is 14.2 Å². The number of hydrogen-bond donors (Lipinski definition) is 0. The normalized spacial score (nSPS) is 20.2. The fourth-order valence-corrected chi connectivity index (χ4v) is 5.14. The van der Waals surface area contributed by atoms with Crippen LogP contribution in [0.15, 0.2) is 60.7 Å². The Hall–Kier alpha value is -2.88. The van der Waals surface area contributed by atoms with E-state index in [-0.39, 0.29) is 29.4 Å². The Balaban J connectivity index is 1.81. The monoisotopic (exact) mass is 422 g/mol. The summed E-state index contributed by atoms with van der Waals surface area (Å²) < 4.78 is 40.3. The first-order chi connectivity index (χ1) is 15.0. The van der Waals surface area contributed by atoms with E-state index in [1.807, 2.05) is 30.3 Å². The third-order valence-corrected chi connectivity index (χ3v) is 6.70. The Kier molecular flexibility index (Phi) is 6.26. The molecular formula is C27H28F2O2. The summed E-state index contributed by atoms with van der Waals surface area (Å²) in [5.41, 5.74) is 3.75. The summed E-state index contributed by atoms with van der Waals surface area (Å²) in [4.78, 5) is 0. The van der Waals surface area contributed by atoms with Gasteiger partial charge in [0.15, 0.2) is 0 Å². The highest BCUT2D eigenvalue weighted by Crippen LogP contribution is 2.49. The Morgan fingerprint density at radius 1 is 0.839 bits per heavy atom. The maximum Gasteiger partial charge on any atom is 0.130 e. The molecule has 0 aromatic heterocycles. The van der Waals surface area contributed by atoms with E-state index in [1.165, 1.54) is 30.4 Å². The van der Waals surface area contributed by atoms with E-state index in [1.54, 1.807) is 13.2 Å². The zero-order chi connectivity index (χ0) is 22.0. The van der Waals surface area contributed by atoms with E-state index in [0.717, 1.165) is 18.6 Å². The molecule has 0 saturated heterocycles. The van der Waals surface area contributed by atoms with Crippen LogP contribution in [0.5, 0.6) is 11.5 Å². The SMILES string of the molecule is CCC1C(c2ccc(OC)cc2F)Cc2ccc(OC)cc2C1Cc1ccccc1F. The van der Waals surface area contributed by atoms with Gasteiger partial charge in [0.05, 0.1) is 14.2 Å². The molecule has 0 bridgehead atoms. The molecule has 162 valence electrons. The molecule has 0 saturated carbocycles. The van der Waals surface area contributed by atoms with Crippen LogP contribution in [0.3, 0.4) is 0 Å². The van der Waals surface area contributed by atoms with Crippen LogP contribution in [0.2, 0.25) is 0 Å². The number of fused-ring (bicyclic) bond motifs is 1. The van der Waals surface area contributed by atoms with E-state index >= 15 is 4.39 Å². The lowest BCUT2D eigenvalue weighted by atomic mass is 9.64. The maximum atomic E-state index is 15.1. The lowest BCUT2D eigenvalue weighted by molar-refractivity contribution is 0.302. The number of ether oxygens (including phenoxy) is 2. The van der Waals surface area contributed by atoms with Gasteiger partial charge in [0.1, 0.15) is 23.1 Å². The van der Waals surface area contributed by atoms with E-state index < -0.39 is 0 Å². The van der Waals surface area contributed by atoms with Crippen molar-refractivity contribution in [2.45, 2.75) is 38.0 Å². The topological polar surface area (TPSA) is 18.5 Å². The van der Waals surface area contributed by atoms with E-state index in [9.17, 15) is 4.39 Å². The predicted octanol–water partition coefficient (Wildman–Crippen LogP) is 6.67. The Morgan fingerprint density at radius 2 is 1.55 bits per heavy atom. The minimum Gasteiger partial charge on any atom is -0.497 e.